The third-order valence-corrected chi connectivity index (χ3v) is 19.3. The van der Waals surface area contributed by atoms with E-state index in [9.17, 15) is 0 Å². The van der Waals surface area contributed by atoms with Crippen LogP contribution in [0.2, 0.25) is 0 Å². The van der Waals surface area contributed by atoms with E-state index in [-0.39, 0.29) is 0 Å². The summed E-state index contributed by atoms with van der Waals surface area (Å²) in [6.45, 7) is 13.2. The molecule has 3 aliphatic carbocycles. The minimum absolute atomic E-state index is 0.426. The maximum absolute atomic E-state index is 2.49. The van der Waals surface area contributed by atoms with Gasteiger partial charge in [0.25, 0.3) is 0 Å². The van der Waals surface area contributed by atoms with Gasteiger partial charge in [-0.1, -0.05) is 295 Å². The zero-order chi connectivity index (χ0) is 56.2. The molecule has 12 aromatic carbocycles. The van der Waals surface area contributed by atoms with E-state index in [1.165, 1.54) is 156 Å². The Morgan fingerprint density at radius 2 is 0.542 bits per heavy atom. The SMILES string of the molecule is Cc1ccc(C2(c3ccc(Cc4ccc5c(c4)-c4ccc(C)cc4C5(c4ccc(C)cc4)c4ccc(C)cc4)cc3)c3ccccc3-c3cc(Cc4ccc(C5(c6ccc(C)cc6)c6ccccc6-c6c(C)cccc65)cc4)ccc32)cc1. The van der Waals surface area contributed by atoms with Crippen molar-refractivity contribution in [2.75, 3.05) is 0 Å². The fraction of sp³-hybridized carbons (Fsp3) is 0.133. The van der Waals surface area contributed by atoms with Crippen molar-refractivity contribution in [3.8, 4) is 33.4 Å². The number of benzene rings is 12. The predicted octanol–water partition coefficient (Wildman–Crippen LogP) is 19.8. The van der Waals surface area contributed by atoms with Gasteiger partial charge in [0.2, 0.25) is 0 Å². The van der Waals surface area contributed by atoms with Crippen LogP contribution < -0.4 is 0 Å². The van der Waals surface area contributed by atoms with Crippen LogP contribution in [0, 0.1) is 41.5 Å². The van der Waals surface area contributed by atoms with Gasteiger partial charge in [0.15, 0.2) is 0 Å². The van der Waals surface area contributed by atoms with Crippen LogP contribution in [0.25, 0.3) is 33.4 Å². The van der Waals surface area contributed by atoms with Crippen LogP contribution in [-0.4, -0.2) is 0 Å². The van der Waals surface area contributed by atoms with Gasteiger partial charge in [0.05, 0.1) is 16.2 Å². The van der Waals surface area contributed by atoms with E-state index in [4.69, 9.17) is 0 Å². The number of aryl methyl sites for hydroxylation is 6. The molecule has 0 fully saturated rings. The topological polar surface area (TPSA) is 0 Å². The summed E-state index contributed by atoms with van der Waals surface area (Å²) in [5.74, 6) is 0. The first kappa shape index (κ1) is 50.6. The van der Waals surface area contributed by atoms with Crippen LogP contribution in [0.5, 0.6) is 0 Å². The van der Waals surface area contributed by atoms with Gasteiger partial charge < -0.3 is 0 Å². The number of fused-ring (bicyclic) bond motifs is 9. The smallest absolute Gasteiger partial charge is 0.0619 e. The average molecular weight is 1060 g/mol. The third-order valence-electron chi connectivity index (χ3n) is 19.3. The zero-order valence-corrected chi connectivity index (χ0v) is 48.3. The van der Waals surface area contributed by atoms with Crippen molar-refractivity contribution in [3.05, 3.63) is 389 Å². The molecular weight excluding hydrogens is 997 g/mol. The lowest BCUT2D eigenvalue weighted by molar-refractivity contribution is 0.765. The van der Waals surface area contributed by atoms with Gasteiger partial charge in [-0.15, -0.1) is 0 Å². The van der Waals surface area contributed by atoms with Crippen LogP contribution in [0.1, 0.15) is 122 Å². The Bertz CT molecular complexity index is 4450. The van der Waals surface area contributed by atoms with Crippen molar-refractivity contribution >= 4 is 0 Å². The van der Waals surface area contributed by atoms with Crippen LogP contribution in [0.15, 0.2) is 267 Å². The predicted molar refractivity (Wildman–Crippen MR) is 345 cm³/mol. The van der Waals surface area contributed by atoms with Crippen molar-refractivity contribution in [3.63, 3.8) is 0 Å². The first-order chi connectivity index (χ1) is 40.5. The molecule has 2 atom stereocenters. The van der Waals surface area contributed by atoms with Gasteiger partial charge >= 0.3 is 0 Å². The van der Waals surface area contributed by atoms with Gasteiger partial charge in [-0.2, -0.15) is 0 Å². The summed E-state index contributed by atoms with van der Waals surface area (Å²) in [6.07, 6.45) is 1.66. The molecule has 83 heavy (non-hydrogen) atoms. The molecule has 0 amide bonds. The molecule has 398 valence electrons. The largest absolute Gasteiger partial charge is 0.0713 e. The molecule has 15 rings (SSSR count). The number of rotatable bonds is 10. The van der Waals surface area contributed by atoms with Crippen LogP contribution >= 0.6 is 0 Å². The molecule has 0 aliphatic heterocycles. The molecule has 0 nitrogen and oxygen atoms in total. The molecule has 0 spiro atoms. The van der Waals surface area contributed by atoms with Crippen molar-refractivity contribution in [2.24, 2.45) is 0 Å². The molecule has 0 bridgehead atoms. The van der Waals surface area contributed by atoms with Gasteiger partial charge in [0, 0.05) is 0 Å². The Hall–Kier alpha value is -9.36. The summed E-state index contributed by atoms with van der Waals surface area (Å²) in [7, 11) is 0. The van der Waals surface area contributed by atoms with E-state index in [0.29, 0.717) is 0 Å². The van der Waals surface area contributed by atoms with Gasteiger partial charge in [-0.05, 0) is 182 Å². The van der Waals surface area contributed by atoms with Crippen LogP contribution in [0.3, 0.4) is 0 Å². The maximum Gasteiger partial charge on any atom is 0.0713 e. The van der Waals surface area contributed by atoms with Crippen molar-refractivity contribution < 1.29 is 0 Å². The number of hydrogen-bond acceptors (Lipinski definition) is 0. The molecule has 12 aromatic rings. The Balaban J connectivity index is 0.787. The standard InChI is InChI=1S/C83H66/c1-53-18-33-63(34-19-53)81(67-41-27-59(28-42-67)50-62-32-47-77-73(52-62)70-45-26-57(5)48-79(70)83(77,65-37-22-55(3)23-38-65)66-39-24-56(4)25-40-66)74-15-9-7-13-69(74)72-51-61(31-46-76(72)81)49-60-29-43-68(44-30-60)82(64-35-20-54(2)21-36-64)75-16-10-8-14-71(75)80-58(6)12-11-17-78(80)82/h7-48,51-52H,49-50H2,1-6H3. The Kier molecular flexibility index (Phi) is 11.8. The normalized spacial score (nSPS) is 16.6. The second kappa shape index (κ2) is 19.4. The minimum Gasteiger partial charge on any atom is -0.0619 e. The lowest BCUT2D eigenvalue weighted by Gasteiger charge is -2.34. The molecule has 0 heterocycles. The van der Waals surface area contributed by atoms with Crippen LogP contribution in [0.4, 0.5) is 0 Å². The fourth-order valence-corrected chi connectivity index (χ4v) is 15.3. The van der Waals surface area contributed by atoms with Crippen molar-refractivity contribution in [1.29, 1.82) is 0 Å². The first-order valence-corrected chi connectivity index (χ1v) is 29.7. The van der Waals surface area contributed by atoms with E-state index >= 15 is 0 Å². The quantitative estimate of drug-likeness (QED) is 0.128. The molecule has 0 heteroatoms. The molecule has 0 saturated carbocycles. The summed E-state index contributed by atoms with van der Waals surface area (Å²) in [6, 6.07) is 103. The first-order valence-electron chi connectivity index (χ1n) is 29.7. The summed E-state index contributed by atoms with van der Waals surface area (Å²) in [5, 5.41) is 0. The average Bonchev–Trinajstić information content (AvgIpc) is 4.27. The highest BCUT2D eigenvalue weighted by atomic mass is 14.5. The number of hydrogen-bond donors (Lipinski definition) is 0. The molecule has 2 unspecified atom stereocenters. The highest BCUT2D eigenvalue weighted by Gasteiger charge is 2.49. The summed E-state index contributed by atoms with van der Waals surface area (Å²) < 4.78 is 0. The summed E-state index contributed by atoms with van der Waals surface area (Å²) in [5.41, 5.74) is 35.4. The molecule has 0 radical (unpaired) electrons. The lowest BCUT2D eigenvalue weighted by Crippen LogP contribution is -2.28. The van der Waals surface area contributed by atoms with E-state index < -0.39 is 16.2 Å². The van der Waals surface area contributed by atoms with Gasteiger partial charge in [0.1, 0.15) is 0 Å². The Morgan fingerprint density at radius 1 is 0.217 bits per heavy atom. The second-order valence-corrected chi connectivity index (χ2v) is 24.4. The molecular formula is C83H66. The van der Waals surface area contributed by atoms with E-state index in [1.54, 1.807) is 0 Å². The molecule has 0 N–H and O–H groups in total. The monoisotopic (exact) mass is 1060 g/mol. The van der Waals surface area contributed by atoms with Crippen LogP contribution in [-0.2, 0) is 29.1 Å². The fourth-order valence-electron chi connectivity index (χ4n) is 15.3. The maximum atomic E-state index is 2.49. The van der Waals surface area contributed by atoms with Gasteiger partial charge in [-0.25, -0.2) is 0 Å². The summed E-state index contributed by atoms with van der Waals surface area (Å²) in [4.78, 5) is 0. The highest BCUT2D eigenvalue weighted by molar-refractivity contribution is 5.90. The van der Waals surface area contributed by atoms with Crippen molar-refractivity contribution in [2.45, 2.75) is 70.6 Å². The Labute approximate surface area is 490 Å². The molecule has 0 aromatic heterocycles. The second-order valence-electron chi connectivity index (χ2n) is 24.4. The zero-order valence-electron chi connectivity index (χ0n) is 48.3. The molecule has 0 saturated heterocycles. The minimum atomic E-state index is -0.500. The summed E-state index contributed by atoms with van der Waals surface area (Å²) >= 11 is 0. The van der Waals surface area contributed by atoms with E-state index in [0.717, 1.165) is 12.8 Å². The van der Waals surface area contributed by atoms with E-state index in [2.05, 4.69) is 308 Å². The molecule has 3 aliphatic rings. The third kappa shape index (κ3) is 7.65. The van der Waals surface area contributed by atoms with E-state index in [1.807, 2.05) is 0 Å². The Morgan fingerprint density at radius 3 is 1.00 bits per heavy atom. The van der Waals surface area contributed by atoms with Crippen molar-refractivity contribution in [1.82, 2.24) is 0 Å². The lowest BCUT2D eigenvalue weighted by atomic mass is 9.67. The van der Waals surface area contributed by atoms with Gasteiger partial charge in [-0.3, -0.25) is 0 Å². The highest BCUT2D eigenvalue weighted by Crippen LogP contribution is 2.60.